The van der Waals surface area contributed by atoms with Crippen LogP contribution in [0.15, 0.2) is 46.9 Å². The minimum absolute atomic E-state index is 0.345. The Hall–Kier alpha value is -1.28. The smallest absolute Gasteiger partial charge is 0.0511 e. The summed E-state index contributed by atoms with van der Waals surface area (Å²) in [6.45, 7) is 6.54. The second kappa shape index (κ2) is 6.25. The fourth-order valence-electron chi connectivity index (χ4n) is 2.24. The molecule has 0 spiro atoms. The molecule has 1 atom stereocenters. The van der Waals surface area contributed by atoms with Crippen LogP contribution in [0.3, 0.4) is 0 Å². The first-order chi connectivity index (χ1) is 9.11. The summed E-state index contributed by atoms with van der Waals surface area (Å²) >= 11 is 3.54. The molecular formula is C17H20BrN. The third kappa shape index (κ3) is 3.38. The predicted molar refractivity (Wildman–Crippen MR) is 86.7 cm³/mol. The molecule has 0 heterocycles. The Morgan fingerprint density at radius 2 is 1.84 bits per heavy atom. The Morgan fingerprint density at radius 3 is 2.53 bits per heavy atom. The van der Waals surface area contributed by atoms with Crippen LogP contribution >= 0.6 is 15.9 Å². The lowest BCUT2D eigenvalue weighted by Gasteiger charge is -2.21. The van der Waals surface area contributed by atoms with Gasteiger partial charge < -0.3 is 5.32 Å². The largest absolute Gasteiger partial charge is 0.378 e. The summed E-state index contributed by atoms with van der Waals surface area (Å²) < 4.78 is 1.13. The summed E-state index contributed by atoms with van der Waals surface area (Å²) in [5, 5.41) is 3.66. The molecular weight excluding hydrogens is 298 g/mol. The lowest BCUT2D eigenvalue weighted by Crippen LogP contribution is -2.10. The molecule has 0 aliphatic rings. The second-order valence-corrected chi connectivity index (χ2v) is 5.82. The van der Waals surface area contributed by atoms with Gasteiger partial charge >= 0.3 is 0 Å². The van der Waals surface area contributed by atoms with Crippen LogP contribution in [0.1, 0.15) is 36.1 Å². The van der Waals surface area contributed by atoms with E-state index in [2.05, 4.69) is 84.5 Å². The van der Waals surface area contributed by atoms with Gasteiger partial charge in [-0.3, -0.25) is 0 Å². The van der Waals surface area contributed by atoms with Crippen molar-refractivity contribution in [2.45, 2.75) is 33.2 Å². The van der Waals surface area contributed by atoms with Crippen LogP contribution < -0.4 is 5.32 Å². The van der Waals surface area contributed by atoms with Gasteiger partial charge in [-0.25, -0.2) is 0 Å². The zero-order valence-corrected chi connectivity index (χ0v) is 13.3. The topological polar surface area (TPSA) is 12.0 Å². The van der Waals surface area contributed by atoms with Crippen molar-refractivity contribution in [3.05, 3.63) is 63.6 Å². The fourth-order valence-corrected chi connectivity index (χ4v) is 2.66. The van der Waals surface area contributed by atoms with Crippen molar-refractivity contribution in [2.75, 3.05) is 5.32 Å². The van der Waals surface area contributed by atoms with Gasteiger partial charge in [0.1, 0.15) is 0 Å². The van der Waals surface area contributed by atoms with Crippen molar-refractivity contribution in [1.29, 1.82) is 0 Å². The molecule has 19 heavy (non-hydrogen) atoms. The minimum atomic E-state index is 0.345. The molecule has 0 saturated carbocycles. The van der Waals surface area contributed by atoms with Crippen molar-refractivity contribution in [1.82, 2.24) is 0 Å². The van der Waals surface area contributed by atoms with Gasteiger partial charge in [-0.15, -0.1) is 0 Å². The van der Waals surface area contributed by atoms with Crippen LogP contribution in [-0.4, -0.2) is 0 Å². The normalized spacial score (nSPS) is 12.2. The van der Waals surface area contributed by atoms with E-state index in [1.807, 2.05) is 0 Å². The van der Waals surface area contributed by atoms with E-state index in [0.29, 0.717) is 6.04 Å². The predicted octanol–water partition coefficient (Wildman–Crippen LogP) is 5.63. The van der Waals surface area contributed by atoms with Crippen LogP contribution in [0.2, 0.25) is 0 Å². The van der Waals surface area contributed by atoms with E-state index < -0.39 is 0 Å². The summed E-state index contributed by atoms with van der Waals surface area (Å²) in [5.74, 6) is 0. The molecule has 0 radical (unpaired) electrons. The number of benzene rings is 2. The molecule has 2 rings (SSSR count). The first-order valence-electron chi connectivity index (χ1n) is 6.70. The molecule has 0 saturated heterocycles. The fraction of sp³-hybridized carbons (Fsp3) is 0.294. The molecule has 1 nitrogen and oxygen atoms in total. The van der Waals surface area contributed by atoms with E-state index >= 15 is 0 Å². The summed E-state index contributed by atoms with van der Waals surface area (Å²) in [6.07, 6.45) is 1.06. The summed E-state index contributed by atoms with van der Waals surface area (Å²) in [7, 11) is 0. The van der Waals surface area contributed by atoms with Crippen molar-refractivity contribution in [3.8, 4) is 0 Å². The Labute approximate surface area is 124 Å². The Kier molecular flexibility index (Phi) is 4.65. The highest BCUT2D eigenvalue weighted by molar-refractivity contribution is 9.10. The summed E-state index contributed by atoms with van der Waals surface area (Å²) in [5.41, 5.74) is 5.20. The zero-order chi connectivity index (χ0) is 13.8. The van der Waals surface area contributed by atoms with Crippen molar-refractivity contribution < 1.29 is 0 Å². The van der Waals surface area contributed by atoms with Gasteiger partial charge in [0.2, 0.25) is 0 Å². The first-order valence-corrected chi connectivity index (χ1v) is 7.49. The zero-order valence-electron chi connectivity index (χ0n) is 11.7. The highest BCUT2D eigenvalue weighted by Gasteiger charge is 2.11. The third-order valence-electron chi connectivity index (χ3n) is 3.59. The summed E-state index contributed by atoms with van der Waals surface area (Å²) in [4.78, 5) is 0. The number of rotatable bonds is 4. The van der Waals surface area contributed by atoms with E-state index in [1.54, 1.807) is 0 Å². The van der Waals surface area contributed by atoms with E-state index in [4.69, 9.17) is 0 Å². The molecule has 2 heteroatoms. The maximum absolute atomic E-state index is 3.66. The Morgan fingerprint density at radius 1 is 1.11 bits per heavy atom. The average Bonchev–Trinajstić information content (AvgIpc) is 2.40. The van der Waals surface area contributed by atoms with Crippen LogP contribution in [0, 0.1) is 13.8 Å². The maximum atomic E-state index is 3.66. The molecule has 0 bridgehead atoms. The number of aryl methyl sites for hydroxylation is 1. The molecule has 0 aromatic heterocycles. The Bertz CT molecular complexity index is 563. The van der Waals surface area contributed by atoms with Crippen LogP contribution in [-0.2, 0) is 0 Å². The molecule has 0 aliphatic heterocycles. The average molecular weight is 318 g/mol. The van der Waals surface area contributed by atoms with E-state index in [9.17, 15) is 0 Å². The number of anilines is 1. The third-order valence-corrected chi connectivity index (χ3v) is 4.09. The van der Waals surface area contributed by atoms with Crippen LogP contribution in [0.4, 0.5) is 5.69 Å². The van der Waals surface area contributed by atoms with Crippen molar-refractivity contribution >= 4 is 21.6 Å². The molecule has 0 amide bonds. The number of halogens is 1. The van der Waals surface area contributed by atoms with E-state index in [0.717, 1.165) is 10.9 Å². The summed E-state index contributed by atoms with van der Waals surface area (Å²) in [6, 6.07) is 15.3. The lowest BCUT2D eigenvalue weighted by atomic mass is 10.0. The number of hydrogen-bond donors (Lipinski definition) is 1. The van der Waals surface area contributed by atoms with E-state index in [1.165, 1.54) is 22.4 Å². The lowest BCUT2D eigenvalue weighted by molar-refractivity contribution is 0.748. The Balaban J connectivity index is 2.26. The number of nitrogens with one attached hydrogen (secondary N) is 1. The van der Waals surface area contributed by atoms with Gasteiger partial charge in [0.15, 0.2) is 0 Å². The van der Waals surface area contributed by atoms with Crippen LogP contribution in [0.25, 0.3) is 0 Å². The van der Waals surface area contributed by atoms with Gasteiger partial charge in [0, 0.05) is 10.2 Å². The number of hydrogen-bond acceptors (Lipinski definition) is 1. The van der Waals surface area contributed by atoms with Gasteiger partial charge in [-0.05, 0) is 55.2 Å². The first kappa shape index (κ1) is 14.1. The maximum Gasteiger partial charge on any atom is 0.0511 e. The van der Waals surface area contributed by atoms with Gasteiger partial charge in [0.25, 0.3) is 0 Å². The molecule has 100 valence electrons. The van der Waals surface area contributed by atoms with Crippen molar-refractivity contribution in [2.24, 2.45) is 0 Å². The van der Waals surface area contributed by atoms with Gasteiger partial charge in [-0.1, -0.05) is 47.1 Å². The molecule has 1 unspecified atom stereocenters. The molecule has 2 aromatic carbocycles. The monoisotopic (exact) mass is 317 g/mol. The highest BCUT2D eigenvalue weighted by atomic mass is 79.9. The highest BCUT2D eigenvalue weighted by Crippen LogP contribution is 2.27. The minimum Gasteiger partial charge on any atom is -0.378 e. The van der Waals surface area contributed by atoms with Crippen LogP contribution in [0.5, 0.6) is 0 Å². The molecule has 0 aliphatic carbocycles. The van der Waals surface area contributed by atoms with Crippen molar-refractivity contribution in [3.63, 3.8) is 0 Å². The quantitative estimate of drug-likeness (QED) is 0.770. The molecule has 0 fully saturated rings. The van der Waals surface area contributed by atoms with E-state index in [-0.39, 0.29) is 0 Å². The second-order valence-electron chi connectivity index (χ2n) is 4.91. The standard InChI is InChI=1S/C17H20BrN/c1-4-16(14-8-6-9-15(18)11-14)19-17-10-5-7-12(2)13(17)3/h5-11,16,19H,4H2,1-3H3. The SMILES string of the molecule is CCC(Nc1cccc(C)c1C)c1cccc(Br)c1. The van der Waals surface area contributed by atoms with Gasteiger partial charge in [-0.2, -0.15) is 0 Å². The molecule has 2 aromatic rings. The van der Waals surface area contributed by atoms with Gasteiger partial charge in [0.05, 0.1) is 6.04 Å². The molecule has 1 N–H and O–H groups in total.